The number of thiophene rings is 1. The van der Waals surface area contributed by atoms with E-state index in [2.05, 4.69) is 22.5 Å². The van der Waals surface area contributed by atoms with Gasteiger partial charge in [-0.1, -0.05) is 6.92 Å². The zero-order valence-electron chi connectivity index (χ0n) is 11.1. The molecule has 1 unspecified atom stereocenters. The van der Waals surface area contributed by atoms with Gasteiger partial charge in [-0.05, 0) is 35.6 Å². The van der Waals surface area contributed by atoms with Crippen LogP contribution >= 0.6 is 11.3 Å². The van der Waals surface area contributed by atoms with Gasteiger partial charge in [-0.3, -0.25) is 4.79 Å². The minimum Gasteiger partial charge on any atom is -0.273 e. The maximum absolute atomic E-state index is 11.2. The van der Waals surface area contributed by atoms with Crippen molar-refractivity contribution < 1.29 is 4.79 Å². The van der Waals surface area contributed by atoms with Crippen molar-refractivity contribution in [2.45, 2.75) is 26.7 Å². The van der Waals surface area contributed by atoms with Gasteiger partial charge in [0.15, 0.2) is 0 Å². The lowest BCUT2D eigenvalue weighted by Crippen LogP contribution is -2.30. The Kier molecular flexibility index (Phi) is 4.18. The lowest BCUT2D eigenvalue weighted by atomic mass is 9.96. The van der Waals surface area contributed by atoms with Crippen LogP contribution in [0.25, 0.3) is 5.57 Å². The van der Waals surface area contributed by atoms with Gasteiger partial charge in [-0.25, -0.2) is 5.43 Å². The van der Waals surface area contributed by atoms with Crippen molar-refractivity contribution in [3.05, 3.63) is 28.0 Å². The summed E-state index contributed by atoms with van der Waals surface area (Å²) in [5.41, 5.74) is 5.75. The highest BCUT2D eigenvalue weighted by Crippen LogP contribution is 2.25. The first kappa shape index (κ1) is 13.6. The van der Waals surface area contributed by atoms with Gasteiger partial charge in [0.25, 0.3) is 0 Å². The summed E-state index contributed by atoms with van der Waals surface area (Å²) in [5.74, 6) is 2.81. The molecule has 1 amide bonds. The molecule has 3 nitrogen and oxygen atoms in total. The van der Waals surface area contributed by atoms with E-state index in [0.717, 1.165) is 11.3 Å². The molecule has 19 heavy (non-hydrogen) atoms. The summed E-state index contributed by atoms with van der Waals surface area (Å²) >= 11 is 1.67. The number of hydrazone groups is 1. The molecular weight excluding hydrogens is 256 g/mol. The number of nitrogens with zero attached hydrogens (tertiary/aromatic N) is 1. The summed E-state index contributed by atoms with van der Waals surface area (Å²) in [6.07, 6.45) is 8.55. The number of rotatable bonds is 3. The zero-order chi connectivity index (χ0) is 13.8. The van der Waals surface area contributed by atoms with Crippen molar-refractivity contribution in [3.8, 4) is 12.3 Å². The maximum atomic E-state index is 11.2. The van der Waals surface area contributed by atoms with E-state index in [0.29, 0.717) is 12.8 Å². The predicted octanol–water partition coefficient (Wildman–Crippen LogP) is 2.84. The molecule has 0 saturated carbocycles. The lowest BCUT2D eigenvalue weighted by molar-refractivity contribution is -0.121. The third kappa shape index (κ3) is 3.12. The smallest absolute Gasteiger partial charge is 0.240 e. The molecule has 0 saturated heterocycles. The van der Waals surface area contributed by atoms with Crippen LogP contribution in [0, 0.1) is 18.3 Å². The van der Waals surface area contributed by atoms with Crippen LogP contribution in [-0.4, -0.2) is 11.6 Å². The summed E-state index contributed by atoms with van der Waals surface area (Å²) < 4.78 is 0. The Bertz CT molecular complexity index is 590. The summed E-state index contributed by atoms with van der Waals surface area (Å²) in [5, 5.41) is 6.17. The summed E-state index contributed by atoms with van der Waals surface area (Å²) in [6, 6.07) is 2.08. The summed E-state index contributed by atoms with van der Waals surface area (Å²) in [4.78, 5) is 12.4. The monoisotopic (exact) mass is 272 g/mol. The molecule has 1 aromatic heterocycles. The molecule has 0 spiro atoms. The van der Waals surface area contributed by atoms with Crippen molar-refractivity contribution in [2.75, 3.05) is 0 Å². The van der Waals surface area contributed by atoms with Crippen molar-refractivity contribution in [1.82, 2.24) is 5.43 Å². The lowest BCUT2D eigenvalue weighted by Gasteiger charge is -2.17. The number of carbonyl (C=O) groups is 1. The van der Waals surface area contributed by atoms with Crippen molar-refractivity contribution in [3.63, 3.8) is 0 Å². The van der Waals surface area contributed by atoms with Gasteiger partial charge in [0, 0.05) is 23.6 Å². The Morgan fingerprint density at radius 3 is 3.21 bits per heavy atom. The van der Waals surface area contributed by atoms with E-state index in [4.69, 9.17) is 6.42 Å². The third-order valence-electron chi connectivity index (χ3n) is 3.10. The Balaban J connectivity index is 2.26. The summed E-state index contributed by atoms with van der Waals surface area (Å²) in [6.45, 7) is 4.06. The van der Waals surface area contributed by atoms with Gasteiger partial charge < -0.3 is 0 Å². The SMILES string of the molecule is C#CCc1sccc1C(C)=CC1=NNC(=O)CC1C. The molecular formula is C15H16N2OS. The molecule has 1 aliphatic heterocycles. The second kappa shape index (κ2) is 5.85. The number of hydrogen-bond donors (Lipinski definition) is 1. The Morgan fingerprint density at radius 1 is 1.74 bits per heavy atom. The average molecular weight is 272 g/mol. The molecule has 1 atom stereocenters. The van der Waals surface area contributed by atoms with Crippen LogP contribution in [-0.2, 0) is 11.2 Å². The highest BCUT2D eigenvalue weighted by Gasteiger charge is 2.19. The van der Waals surface area contributed by atoms with Gasteiger partial charge >= 0.3 is 0 Å². The molecule has 0 aliphatic carbocycles. The highest BCUT2D eigenvalue weighted by molar-refractivity contribution is 7.10. The predicted molar refractivity (Wildman–Crippen MR) is 79.9 cm³/mol. The molecule has 2 rings (SSSR count). The molecule has 0 aromatic carbocycles. The molecule has 1 aliphatic rings. The van der Waals surface area contributed by atoms with Crippen molar-refractivity contribution >= 4 is 28.5 Å². The first-order valence-electron chi connectivity index (χ1n) is 6.16. The van der Waals surface area contributed by atoms with Crippen LogP contribution in [0.2, 0.25) is 0 Å². The molecule has 0 fully saturated rings. The van der Waals surface area contributed by atoms with Crippen LogP contribution in [0.4, 0.5) is 0 Å². The van der Waals surface area contributed by atoms with Crippen molar-refractivity contribution in [1.29, 1.82) is 0 Å². The van der Waals surface area contributed by atoms with E-state index in [1.54, 1.807) is 11.3 Å². The fourth-order valence-corrected chi connectivity index (χ4v) is 2.95. The topological polar surface area (TPSA) is 41.5 Å². The quantitative estimate of drug-likeness (QED) is 0.845. The summed E-state index contributed by atoms with van der Waals surface area (Å²) in [7, 11) is 0. The number of terminal acetylenes is 1. The second-order valence-electron chi connectivity index (χ2n) is 4.64. The van der Waals surface area contributed by atoms with E-state index in [-0.39, 0.29) is 11.8 Å². The van der Waals surface area contributed by atoms with Gasteiger partial charge in [0.05, 0.1) is 5.71 Å². The number of carbonyl (C=O) groups excluding carboxylic acids is 1. The van der Waals surface area contributed by atoms with Crippen molar-refractivity contribution in [2.24, 2.45) is 11.0 Å². The first-order chi connectivity index (χ1) is 9.11. The molecule has 1 aromatic rings. The second-order valence-corrected chi connectivity index (χ2v) is 5.64. The standard InChI is InChI=1S/C15H16N2OS/c1-4-5-14-12(6-7-19-14)10(2)8-13-11(3)9-15(18)17-16-13/h1,6-8,11H,5,9H2,2-3H3,(H,17,18). The van der Waals surface area contributed by atoms with Crippen LogP contribution in [0.1, 0.15) is 30.7 Å². The minimum atomic E-state index is -0.0224. The molecule has 2 heterocycles. The first-order valence-corrected chi connectivity index (χ1v) is 7.04. The van der Waals surface area contributed by atoms with Crippen LogP contribution in [0.5, 0.6) is 0 Å². The van der Waals surface area contributed by atoms with Gasteiger partial charge in [-0.15, -0.1) is 23.7 Å². The van der Waals surface area contributed by atoms with E-state index in [1.165, 1.54) is 10.4 Å². The number of nitrogens with one attached hydrogen (secondary N) is 1. The van der Waals surface area contributed by atoms with Crippen LogP contribution in [0.15, 0.2) is 22.6 Å². The molecule has 0 radical (unpaired) electrons. The normalized spacial score (nSPS) is 19.6. The number of allylic oxidation sites excluding steroid dienone is 2. The van der Waals surface area contributed by atoms with Gasteiger partial charge in [0.2, 0.25) is 5.91 Å². The average Bonchev–Trinajstić information content (AvgIpc) is 2.81. The maximum Gasteiger partial charge on any atom is 0.240 e. The largest absolute Gasteiger partial charge is 0.273 e. The van der Waals surface area contributed by atoms with Crippen LogP contribution < -0.4 is 5.43 Å². The number of hydrogen-bond acceptors (Lipinski definition) is 3. The number of amides is 1. The molecule has 0 bridgehead atoms. The van der Waals surface area contributed by atoms with E-state index in [1.807, 2.05) is 25.3 Å². The van der Waals surface area contributed by atoms with E-state index >= 15 is 0 Å². The molecule has 1 N–H and O–H groups in total. The molecule has 98 valence electrons. The molecule has 4 heteroatoms. The van der Waals surface area contributed by atoms with Gasteiger partial charge in [0.1, 0.15) is 0 Å². The third-order valence-corrected chi connectivity index (χ3v) is 4.02. The fourth-order valence-electron chi connectivity index (χ4n) is 2.06. The highest BCUT2D eigenvalue weighted by atomic mass is 32.1. The minimum absolute atomic E-state index is 0.0224. The van der Waals surface area contributed by atoms with E-state index < -0.39 is 0 Å². The Labute approximate surface area is 117 Å². The van der Waals surface area contributed by atoms with Crippen LogP contribution in [0.3, 0.4) is 0 Å². The fraction of sp³-hybridized carbons (Fsp3) is 0.333. The Morgan fingerprint density at radius 2 is 2.53 bits per heavy atom. The van der Waals surface area contributed by atoms with Gasteiger partial charge in [-0.2, -0.15) is 5.10 Å². The Hall–Kier alpha value is -1.86. The van der Waals surface area contributed by atoms with E-state index in [9.17, 15) is 4.79 Å². The zero-order valence-corrected chi connectivity index (χ0v) is 11.9.